The number of nitrogens with one attached hydrogen (secondary N) is 1. The van der Waals surface area contributed by atoms with E-state index < -0.39 is 0 Å². The summed E-state index contributed by atoms with van der Waals surface area (Å²) in [4.78, 5) is 15.7. The molecule has 1 heterocycles. The highest BCUT2D eigenvalue weighted by Crippen LogP contribution is 2.10. The van der Waals surface area contributed by atoms with Gasteiger partial charge in [-0.25, -0.2) is 0 Å². The minimum atomic E-state index is -0.145. The van der Waals surface area contributed by atoms with Gasteiger partial charge in [0.2, 0.25) is 5.91 Å². The number of hydrogen-bond acceptors (Lipinski definition) is 2. The molecule has 0 aliphatic rings. The van der Waals surface area contributed by atoms with E-state index in [9.17, 15) is 4.79 Å². The molecular formula is C16H16N2O. The number of pyridine rings is 1. The standard InChI is InChI=1S/C16H16N2O/c1-2-13-5-8-15(9-6-13)18-16(19)10-7-14-4-3-11-17-12-14/h3-12H,2H2,1H3,(H,18,19)/b10-7+. The Hall–Kier alpha value is -2.42. The molecule has 0 fully saturated rings. The van der Waals surface area contributed by atoms with Crippen LogP contribution >= 0.6 is 0 Å². The molecule has 0 unspecified atom stereocenters. The van der Waals surface area contributed by atoms with Crippen LogP contribution in [-0.2, 0) is 11.2 Å². The quantitative estimate of drug-likeness (QED) is 0.848. The second kappa shape index (κ2) is 6.50. The Morgan fingerprint density at radius 2 is 2.05 bits per heavy atom. The number of amides is 1. The van der Waals surface area contributed by atoms with E-state index >= 15 is 0 Å². The van der Waals surface area contributed by atoms with Crippen molar-refractivity contribution in [3.63, 3.8) is 0 Å². The maximum atomic E-state index is 11.7. The van der Waals surface area contributed by atoms with Crippen LogP contribution in [0.4, 0.5) is 5.69 Å². The summed E-state index contributed by atoms with van der Waals surface area (Å²) in [5.74, 6) is -0.145. The van der Waals surface area contributed by atoms with Crippen molar-refractivity contribution in [1.29, 1.82) is 0 Å². The predicted octanol–water partition coefficient (Wildman–Crippen LogP) is 3.30. The summed E-state index contributed by atoms with van der Waals surface area (Å²) < 4.78 is 0. The van der Waals surface area contributed by atoms with Crippen molar-refractivity contribution in [2.45, 2.75) is 13.3 Å². The molecule has 0 atom stereocenters. The summed E-state index contributed by atoms with van der Waals surface area (Å²) in [6.45, 7) is 2.10. The lowest BCUT2D eigenvalue weighted by atomic mass is 10.1. The summed E-state index contributed by atoms with van der Waals surface area (Å²) >= 11 is 0. The fourth-order valence-electron chi connectivity index (χ4n) is 1.65. The Morgan fingerprint density at radius 3 is 2.68 bits per heavy atom. The van der Waals surface area contributed by atoms with Crippen LogP contribution in [0.15, 0.2) is 54.9 Å². The van der Waals surface area contributed by atoms with E-state index in [4.69, 9.17) is 0 Å². The molecule has 1 amide bonds. The van der Waals surface area contributed by atoms with E-state index in [0.29, 0.717) is 0 Å². The molecule has 0 radical (unpaired) electrons. The molecule has 1 aromatic carbocycles. The Labute approximate surface area is 113 Å². The van der Waals surface area contributed by atoms with E-state index in [0.717, 1.165) is 17.7 Å². The molecular weight excluding hydrogens is 236 g/mol. The lowest BCUT2D eigenvalue weighted by molar-refractivity contribution is -0.111. The first-order chi connectivity index (χ1) is 9.28. The van der Waals surface area contributed by atoms with Crippen molar-refractivity contribution in [2.24, 2.45) is 0 Å². The second-order valence-corrected chi connectivity index (χ2v) is 4.16. The Kier molecular flexibility index (Phi) is 4.45. The number of anilines is 1. The SMILES string of the molecule is CCc1ccc(NC(=O)/C=C/c2cccnc2)cc1. The predicted molar refractivity (Wildman–Crippen MR) is 77.7 cm³/mol. The van der Waals surface area contributed by atoms with Crippen LogP contribution in [0.25, 0.3) is 6.08 Å². The van der Waals surface area contributed by atoms with Gasteiger partial charge in [-0.1, -0.05) is 25.1 Å². The van der Waals surface area contributed by atoms with Crippen molar-refractivity contribution in [1.82, 2.24) is 4.98 Å². The van der Waals surface area contributed by atoms with Crippen LogP contribution in [0.2, 0.25) is 0 Å². The molecule has 2 rings (SSSR count). The normalized spacial score (nSPS) is 10.6. The number of carbonyl (C=O) groups is 1. The Balaban J connectivity index is 1.95. The third-order valence-electron chi connectivity index (χ3n) is 2.74. The van der Waals surface area contributed by atoms with Crippen LogP contribution in [0.3, 0.4) is 0 Å². The van der Waals surface area contributed by atoms with E-state index in [1.807, 2.05) is 36.4 Å². The van der Waals surface area contributed by atoms with Gasteiger partial charge in [0.25, 0.3) is 0 Å². The number of nitrogens with zero attached hydrogens (tertiary/aromatic N) is 1. The molecule has 3 nitrogen and oxygen atoms in total. The second-order valence-electron chi connectivity index (χ2n) is 4.16. The zero-order valence-corrected chi connectivity index (χ0v) is 10.8. The maximum absolute atomic E-state index is 11.7. The molecule has 0 saturated heterocycles. The van der Waals surface area contributed by atoms with Crippen LogP contribution in [0.5, 0.6) is 0 Å². The van der Waals surface area contributed by atoms with Gasteiger partial charge in [-0.2, -0.15) is 0 Å². The molecule has 1 N–H and O–H groups in total. The highest BCUT2D eigenvalue weighted by atomic mass is 16.1. The van der Waals surface area contributed by atoms with Gasteiger partial charge in [0.1, 0.15) is 0 Å². The summed E-state index contributed by atoms with van der Waals surface area (Å²) in [5, 5.41) is 2.82. The maximum Gasteiger partial charge on any atom is 0.248 e. The third-order valence-corrected chi connectivity index (χ3v) is 2.74. The topological polar surface area (TPSA) is 42.0 Å². The average molecular weight is 252 g/mol. The molecule has 0 saturated carbocycles. The first-order valence-corrected chi connectivity index (χ1v) is 6.26. The van der Waals surface area contributed by atoms with Crippen molar-refractivity contribution in [3.05, 3.63) is 66.0 Å². The molecule has 3 heteroatoms. The Bertz CT molecular complexity index is 559. The molecule has 1 aromatic heterocycles. The number of hydrogen-bond donors (Lipinski definition) is 1. The first kappa shape index (κ1) is 13.0. The van der Waals surface area contributed by atoms with Gasteiger partial charge in [-0.3, -0.25) is 9.78 Å². The molecule has 96 valence electrons. The number of aryl methyl sites for hydroxylation is 1. The monoisotopic (exact) mass is 252 g/mol. The van der Waals surface area contributed by atoms with Gasteiger partial charge in [-0.15, -0.1) is 0 Å². The average Bonchev–Trinajstić information content (AvgIpc) is 2.47. The van der Waals surface area contributed by atoms with Gasteiger partial charge in [0.15, 0.2) is 0 Å². The van der Waals surface area contributed by atoms with Gasteiger partial charge in [0, 0.05) is 24.2 Å². The van der Waals surface area contributed by atoms with Crippen molar-refractivity contribution < 1.29 is 4.79 Å². The van der Waals surface area contributed by atoms with E-state index in [2.05, 4.69) is 17.2 Å². The molecule has 2 aromatic rings. The molecule has 0 spiro atoms. The van der Waals surface area contributed by atoms with Gasteiger partial charge >= 0.3 is 0 Å². The largest absolute Gasteiger partial charge is 0.323 e. The fourth-order valence-corrected chi connectivity index (χ4v) is 1.65. The smallest absolute Gasteiger partial charge is 0.248 e. The zero-order valence-electron chi connectivity index (χ0n) is 10.8. The van der Waals surface area contributed by atoms with Crippen LogP contribution in [-0.4, -0.2) is 10.9 Å². The lowest BCUT2D eigenvalue weighted by Gasteiger charge is -2.03. The highest BCUT2D eigenvalue weighted by Gasteiger charge is 1.97. The van der Waals surface area contributed by atoms with Crippen LogP contribution < -0.4 is 5.32 Å². The summed E-state index contributed by atoms with van der Waals surface area (Å²) in [6.07, 6.45) is 7.65. The minimum Gasteiger partial charge on any atom is -0.323 e. The summed E-state index contributed by atoms with van der Waals surface area (Å²) in [7, 11) is 0. The first-order valence-electron chi connectivity index (χ1n) is 6.26. The molecule has 0 bridgehead atoms. The van der Waals surface area contributed by atoms with Gasteiger partial charge in [-0.05, 0) is 41.8 Å². The van der Waals surface area contributed by atoms with Crippen LogP contribution in [0.1, 0.15) is 18.1 Å². The van der Waals surface area contributed by atoms with Gasteiger partial charge < -0.3 is 5.32 Å². The van der Waals surface area contributed by atoms with Crippen molar-refractivity contribution >= 4 is 17.7 Å². The molecule has 0 aliphatic carbocycles. The number of aromatic nitrogens is 1. The number of rotatable bonds is 4. The minimum absolute atomic E-state index is 0.145. The Morgan fingerprint density at radius 1 is 1.26 bits per heavy atom. The van der Waals surface area contributed by atoms with E-state index in [1.165, 1.54) is 11.6 Å². The van der Waals surface area contributed by atoms with E-state index in [-0.39, 0.29) is 5.91 Å². The number of carbonyl (C=O) groups excluding carboxylic acids is 1. The van der Waals surface area contributed by atoms with Gasteiger partial charge in [0.05, 0.1) is 0 Å². The summed E-state index contributed by atoms with van der Waals surface area (Å²) in [5.41, 5.74) is 2.96. The summed E-state index contributed by atoms with van der Waals surface area (Å²) in [6, 6.07) is 11.6. The molecule has 19 heavy (non-hydrogen) atoms. The lowest BCUT2D eigenvalue weighted by Crippen LogP contribution is -2.07. The van der Waals surface area contributed by atoms with Crippen LogP contribution in [0, 0.1) is 0 Å². The van der Waals surface area contributed by atoms with E-state index in [1.54, 1.807) is 18.5 Å². The molecule has 0 aliphatic heterocycles. The zero-order chi connectivity index (χ0) is 13.5. The van der Waals surface area contributed by atoms with Crippen molar-refractivity contribution in [2.75, 3.05) is 5.32 Å². The fraction of sp³-hybridized carbons (Fsp3) is 0.125. The van der Waals surface area contributed by atoms with Crippen molar-refractivity contribution in [3.8, 4) is 0 Å². The number of benzene rings is 1. The highest BCUT2D eigenvalue weighted by molar-refractivity contribution is 6.01. The third kappa shape index (κ3) is 4.07.